The lowest BCUT2D eigenvalue weighted by atomic mass is 10.0. The quantitative estimate of drug-likeness (QED) is 0.386. The minimum atomic E-state index is 0.441. The molecule has 24 heavy (non-hydrogen) atoms. The van der Waals surface area contributed by atoms with Gasteiger partial charge >= 0.3 is 0 Å². The van der Waals surface area contributed by atoms with E-state index in [0.29, 0.717) is 5.92 Å². The van der Waals surface area contributed by atoms with E-state index in [1.54, 1.807) is 6.20 Å². The molecule has 0 amide bonds. The molecule has 0 atom stereocenters. The lowest BCUT2D eigenvalue weighted by Gasteiger charge is -2.37. The molecule has 0 saturated carbocycles. The van der Waals surface area contributed by atoms with E-state index in [9.17, 15) is 0 Å². The van der Waals surface area contributed by atoms with Crippen molar-refractivity contribution in [2.75, 3.05) is 4.90 Å². The summed E-state index contributed by atoms with van der Waals surface area (Å²) in [7, 11) is 0. The maximum atomic E-state index is 6.12. The number of anilines is 3. The second kappa shape index (κ2) is 4.74. The Morgan fingerprint density at radius 3 is 2.42 bits per heavy atom. The maximum absolute atomic E-state index is 6.12. The Bertz CT molecular complexity index is 951. The van der Waals surface area contributed by atoms with Gasteiger partial charge in [-0.1, -0.05) is 26.0 Å². The molecule has 3 aromatic rings. The molecule has 0 bridgehead atoms. The molecular weight excluding hydrogens is 300 g/mol. The molecular formula is C20H16N2O2. The van der Waals surface area contributed by atoms with Gasteiger partial charge in [-0.05, 0) is 47.9 Å². The van der Waals surface area contributed by atoms with Crippen molar-refractivity contribution in [3.05, 3.63) is 60.3 Å². The lowest BCUT2D eigenvalue weighted by Crippen LogP contribution is -2.21. The first kappa shape index (κ1) is 13.4. The average Bonchev–Trinajstić information content (AvgIpc) is 2.61. The smallest absolute Gasteiger partial charge is 0.181 e. The molecule has 0 N–H and O–H groups in total. The highest BCUT2D eigenvalue weighted by Gasteiger charge is 2.35. The van der Waals surface area contributed by atoms with Crippen molar-refractivity contribution in [2.45, 2.75) is 19.8 Å². The summed E-state index contributed by atoms with van der Waals surface area (Å²) in [5, 5.41) is 0. The van der Waals surface area contributed by atoms with Crippen LogP contribution in [0.2, 0.25) is 0 Å². The number of fused-ring (bicyclic) bond motifs is 4. The molecule has 2 aliphatic rings. The Hall–Kier alpha value is -3.01. The summed E-state index contributed by atoms with van der Waals surface area (Å²) < 4.78 is 12.2. The summed E-state index contributed by atoms with van der Waals surface area (Å²) in [6.07, 6.45) is 1.79. The third-order valence-electron chi connectivity index (χ3n) is 4.48. The van der Waals surface area contributed by atoms with E-state index >= 15 is 0 Å². The van der Waals surface area contributed by atoms with Crippen molar-refractivity contribution in [3.63, 3.8) is 0 Å². The largest absolute Gasteiger partial charge is 0.453 e. The van der Waals surface area contributed by atoms with Crippen molar-refractivity contribution in [1.82, 2.24) is 4.98 Å². The Balaban J connectivity index is 1.81. The average molecular weight is 316 g/mol. The summed E-state index contributed by atoms with van der Waals surface area (Å²) in [5.74, 6) is 4.40. The van der Waals surface area contributed by atoms with E-state index in [-0.39, 0.29) is 0 Å². The van der Waals surface area contributed by atoms with Crippen molar-refractivity contribution in [2.24, 2.45) is 0 Å². The Labute approximate surface area is 140 Å². The minimum absolute atomic E-state index is 0.441. The van der Waals surface area contributed by atoms with E-state index in [4.69, 9.17) is 9.47 Å². The van der Waals surface area contributed by atoms with Crippen LogP contribution in [0, 0.1) is 0 Å². The standard InChI is InChI=1S/C20H16N2O2/c1-12(2)13-8-9-15-14(11-13)22-19-16(23-15)5-3-6-17(19)24-18-7-4-10-21-20(18)22/h3-12H,1-2H3. The van der Waals surface area contributed by atoms with E-state index in [0.717, 1.165) is 40.2 Å². The summed E-state index contributed by atoms with van der Waals surface area (Å²) in [5.41, 5.74) is 3.18. The van der Waals surface area contributed by atoms with Gasteiger partial charge in [0.15, 0.2) is 28.8 Å². The molecule has 0 aliphatic carbocycles. The summed E-state index contributed by atoms with van der Waals surface area (Å²) >= 11 is 0. The third-order valence-corrected chi connectivity index (χ3v) is 4.48. The zero-order valence-electron chi connectivity index (χ0n) is 13.5. The van der Waals surface area contributed by atoms with Crippen LogP contribution < -0.4 is 14.4 Å². The first-order valence-electron chi connectivity index (χ1n) is 8.10. The fraction of sp³-hybridized carbons (Fsp3) is 0.150. The van der Waals surface area contributed by atoms with Gasteiger partial charge in [-0.15, -0.1) is 0 Å². The van der Waals surface area contributed by atoms with Crippen molar-refractivity contribution in [1.29, 1.82) is 0 Å². The Kier molecular flexibility index (Phi) is 2.65. The van der Waals surface area contributed by atoms with Gasteiger partial charge in [0.2, 0.25) is 0 Å². The molecule has 4 heteroatoms. The Morgan fingerprint density at radius 2 is 1.62 bits per heavy atom. The maximum Gasteiger partial charge on any atom is 0.181 e. The van der Waals surface area contributed by atoms with Crippen LogP contribution >= 0.6 is 0 Å². The summed E-state index contributed by atoms with van der Waals surface area (Å²) in [6, 6.07) is 16.0. The number of hydrogen-bond acceptors (Lipinski definition) is 4. The van der Waals surface area contributed by atoms with Gasteiger partial charge < -0.3 is 9.47 Å². The number of pyridine rings is 1. The highest BCUT2D eigenvalue weighted by atomic mass is 16.5. The molecule has 0 spiro atoms. The molecule has 0 radical (unpaired) electrons. The van der Waals surface area contributed by atoms with Crippen LogP contribution in [-0.2, 0) is 0 Å². The summed E-state index contributed by atoms with van der Waals surface area (Å²) in [4.78, 5) is 6.71. The number of para-hydroxylation sites is 1. The molecule has 4 nitrogen and oxygen atoms in total. The molecule has 118 valence electrons. The normalized spacial score (nSPS) is 13.5. The second-order valence-corrected chi connectivity index (χ2v) is 6.35. The van der Waals surface area contributed by atoms with Gasteiger partial charge in [0.1, 0.15) is 5.69 Å². The first-order chi connectivity index (χ1) is 11.7. The number of nitrogens with zero attached hydrogens (tertiary/aromatic N) is 2. The molecule has 2 aromatic carbocycles. The van der Waals surface area contributed by atoms with E-state index in [1.165, 1.54) is 5.56 Å². The minimum Gasteiger partial charge on any atom is -0.453 e. The third kappa shape index (κ3) is 1.77. The zero-order valence-corrected chi connectivity index (χ0v) is 13.5. The molecule has 0 fully saturated rings. The zero-order chi connectivity index (χ0) is 16.3. The van der Waals surface area contributed by atoms with Crippen molar-refractivity contribution >= 4 is 17.2 Å². The highest BCUT2D eigenvalue weighted by Crippen LogP contribution is 2.58. The van der Waals surface area contributed by atoms with E-state index in [1.807, 2.05) is 36.4 Å². The second-order valence-electron chi connectivity index (χ2n) is 6.35. The van der Waals surface area contributed by atoms with Crippen LogP contribution in [0.1, 0.15) is 25.3 Å². The molecule has 5 rings (SSSR count). The first-order valence-corrected chi connectivity index (χ1v) is 8.10. The van der Waals surface area contributed by atoms with Gasteiger partial charge in [-0.2, -0.15) is 0 Å². The monoisotopic (exact) mass is 316 g/mol. The number of ether oxygens (including phenoxy) is 2. The van der Waals surface area contributed by atoms with Gasteiger partial charge in [0.25, 0.3) is 0 Å². The number of rotatable bonds is 1. The fourth-order valence-corrected chi connectivity index (χ4v) is 3.25. The fourth-order valence-electron chi connectivity index (χ4n) is 3.25. The van der Waals surface area contributed by atoms with Crippen LogP contribution in [0.25, 0.3) is 0 Å². The predicted molar refractivity (Wildman–Crippen MR) is 93.2 cm³/mol. The van der Waals surface area contributed by atoms with Crippen molar-refractivity contribution < 1.29 is 9.47 Å². The van der Waals surface area contributed by atoms with E-state index in [2.05, 4.69) is 35.9 Å². The molecule has 3 heterocycles. The number of aromatic nitrogens is 1. The molecule has 2 aliphatic heterocycles. The molecule has 0 unspecified atom stereocenters. The SMILES string of the molecule is CC(C)c1ccc2c(c1)N1c3ncccc3Oc3cccc(c31)O2. The van der Waals surface area contributed by atoms with Crippen LogP contribution in [0.15, 0.2) is 54.7 Å². The highest BCUT2D eigenvalue weighted by molar-refractivity contribution is 5.92. The van der Waals surface area contributed by atoms with E-state index < -0.39 is 0 Å². The lowest BCUT2D eigenvalue weighted by molar-refractivity contribution is 0.443. The van der Waals surface area contributed by atoms with Crippen LogP contribution in [-0.4, -0.2) is 4.98 Å². The molecule has 0 saturated heterocycles. The number of benzene rings is 2. The summed E-state index contributed by atoms with van der Waals surface area (Å²) in [6.45, 7) is 4.38. The van der Waals surface area contributed by atoms with Gasteiger partial charge in [0, 0.05) is 6.20 Å². The predicted octanol–water partition coefficient (Wildman–Crippen LogP) is 5.89. The number of hydrogen-bond donors (Lipinski definition) is 0. The van der Waals surface area contributed by atoms with Crippen LogP contribution in [0.4, 0.5) is 17.2 Å². The van der Waals surface area contributed by atoms with Crippen LogP contribution in [0.3, 0.4) is 0 Å². The molecule has 1 aromatic heterocycles. The van der Waals surface area contributed by atoms with Gasteiger partial charge in [-0.25, -0.2) is 4.98 Å². The Morgan fingerprint density at radius 1 is 0.875 bits per heavy atom. The van der Waals surface area contributed by atoms with Gasteiger partial charge in [0.05, 0.1) is 5.69 Å². The van der Waals surface area contributed by atoms with Crippen molar-refractivity contribution in [3.8, 4) is 23.0 Å². The van der Waals surface area contributed by atoms with Gasteiger partial charge in [-0.3, -0.25) is 4.90 Å². The van der Waals surface area contributed by atoms with Crippen LogP contribution in [0.5, 0.6) is 23.0 Å². The topological polar surface area (TPSA) is 34.6 Å².